The highest BCUT2D eigenvalue weighted by Crippen LogP contribution is 2.24. The second-order valence-corrected chi connectivity index (χ2v) is 7.51. The van der Waals surface area contributed by atoms with E-state index in [1.807, 2.05) is 72.8 Å². The van der Waals surface area contributed by atoms with Gasteiger partial charge in [0.15, 0.2) is 0 Å². The Labute approximate surface area is 168 Å². The summed E-state index contributed by atoms with van der Waals surface area (Å²) >= 11 is 7.64. The zero-order valence-electron chi connectivity index (χ0n) is 14.9. The maximum Gasteiger partial charge on any atom is 0.255 e. The number of carbonyl (C=O) groups excluding carboxylic acids is 1. The fraction of sp³-hybridized carbons (Fsp3) is 0.136. The molecule has 0 fully saturated rings. The van der Waals surface area contributed by atoms with Gasteiger partial charge in [-0.15, -0.1) is 11.8 Å². The van der Waals surface area contributed by atoms with Gasteiger partial charge < -0.3 is 10.1 Å². The Balaban J connectivity index is 1.58. The van der Waals surface area contributed by atoms with Crippen molar-refractivity contribution in [2.75, 3.05) is 12.4 Å². The van der Waals surface area contributed by atoms with Crippen LogP contribution in [-0.4, -0.2) is 13.0 Å². The minimum absolute atomic E-state index is 0.124. The molecular formula is C22H20ClNO2S. The van der Waals surface area contributed by atoms with Gasteiger partial charge in [-0.3, -0.25) is 4.79 Å². The standard InChI is InChI=1S/C22H20ClNO2S/c1-26-14-17-3-2-4-20(13-17)24-22(25)18-7-5-16(6-8-18)15-27-21-11-9-19(23)10-12-21/h2-13H,14-15H2,1H3,(H,24,25). The van der Waals surface area contributed by atoms with E-state index in [0.29, 0.717) is 12.2 Å². The van der Waals surface area contributed by atoms with Gasteiger partial charge in [0.25, 0.3) is 5.91 Å². The van der Waals surface area contributed by atoms with Crippen molar-refractivity contribution in [1.29, 1.82) is 0 Å². The van der Waals surface area contributed by atoms with Crippen molar-refractivity contribution in [3.05, 3.63) is 94.5 Å². The Morgan fingerprint density at radius 2 is 1.74 bits per heavy atom. The summed E-state index contributed by atoms with van der Waals surface area (Å²) in [4.78, 5) is 13.6. The number of ether oxygens (including phenoxy) is 1. The normalized spacial score (nSPS) is 10.6. The number of hydrogen-bond donors (Lipinski definition) is 1. The molecule has 138 valence electrons. The molecule has 0 aromatic heterocycles. The van der Waals surface area contributed by atoms with Crippen LogP contribution in [0.25, 0.3) is 0 Å². The van der Waals surface area contributed by atoms with Gasteiger partial charge in [0.2, 0.25) is 0 Å². The highest BCUT2D eigenvalue weighted by Gasteiger charge is 2.07. The zero-order chi connectivity index (χ0) is 19.1. The van der Waals surface area contributed by atoms with E-state index in [4.69, 9.17) is 16.3 Å². The van der Waals surface area contributed by atoms with E-state index in [1.165, 1.54) is 0 Å². The van der Waals surface area contributed by atoms with Gasteiger partial charge in [0.1, 0.15) is 0 Å². The SMILES string of the molecule is COCc1cccc(NC(=O)c2ccc(CSc3ccc(Cl)cc3)cc2)c1. The number of halogens is 1. The third-order valence-electron chi connectivity index (χ3n) is 3.93. The van der Waals surface area contributed by atoms with Gasteiger partial charge in [0, 0.05) is 34.0 Å². The molecule has 0 aliphatic rings. The first kappa shape index (κ1) is 19.5. The van der Waals surface area contributed by atoms with Crippen LogP contribution in [0.2, 0.25) is 5.02 Å². The van der Waals surface area contributed by atoms with Gasteiger partial charge in [-0.2, -0.15) is 0 Å². The van der Waals surface area contributed by atoms with Gasteiger partial charge in [-0.05, 0) is 59.7 Å². The van der Waals surface area contributed by atoms with Crippen molar-refractivity contribution < 1.29 is 9.53 Å². The lowest BCUT2D eigenvalue weighted by atomic mass is 10.1. The molecule has 3 aromatic carbocycles. The lowest BCUT2D eigenvalue weighted by Crippen LogP contribution is -2.12. The number of benzene rings is 3. The number of amides is 1. The Morgan fingerprint density at radius 1 is 1.00 bits per heavy atom. The Bertz CT molecular complexity index is 895. The molecule has 0 saturated carbocycles. The van der Waals surface area contributed by atoms with Gasteiger partial charge in [-0.1, -0.05) is 35.9 Å². The van der Waals surface area contributed by atoms with Crippen LogP contribution in [0.5, 0.6) is 0 Å². The average molecular weight is 398 g/mol. The molecule has 0 radical (unpaired) electrons. The molecule has 27 heavy (non-hydrogen) atoms. The van der Waals surface area contributed by atoms with Crippen molar-refractivity contribution >= 4 is 35.0 Å². The summed E-state index contributed by atoms with van der Waals surface area (Å²) in [5.74, 6) is 0.712. The molecule has 0 saturated heterocycles. The van der Waals surface area contributed by atoms with Crippen molar-refractivity contribution in [2.24, 2.45) is 0 Å². The molecule has 3 nitrogen and oxygen atoms in total. The van der Waals surface area contributed by atoms with Crippen molar-refractivity contribution in [3.63, 3.8) is 0 Å². The molecule has 0 unspecified atom stereocenters. The first-order valence-electron chi connectivity index (χ1n) is 8.50. The summed E-state index contributed by atoms with van der Waals surface area (Å²) < 4.78 is 5.13. The van der Waals surface area contributed by atoms with Crippen LogP contribution in [-0.2, 0) is 17.1 Å². The van der Waals surface area contributed by atoms with E-state index in [1.54, 1.807) is 18.9 Å². The number of methoxy groups -OCH3 is 1. The molecule has 1 N–H and O–H groups in total. The fourth-order valence-electron chi connectivity index (χ4n) is 2.56. The highest BCUT2D eigenvalue weighted by atomic mass is 35.5. The number of hydrogen-bond acceptors (Lipinski definition) is 3. The van der Waals surface area contributed by atoms with Gasteiger partial charge >= 0.3 is 0 Å². The summed E-state index contributed by atoms with van der Waals surface area (Å²) in [6.45, 7) is 0.518. The first-order chi connectivity index (χ1) is 13.1. The topological polar surface area (TPSA) is 38.3 Å². The summed E-state index contributed by atoms with van der Waals surface area (Å²) in [6.07, 6.45) is 0. The van der Waals surface area contributed by atoms with Gasteiger partial charge in [0.05, 0.1) is 6.61 Å². The molecule has 3 rings (SSSR count). The number of rotatable bonds is 7. The van der Waals surface area contributed by atoms with E-state index in [2.05, 4.69) is 5.32 Å². The van der Waals surface area contributed by atoms with Crippen LogP contribution in [0.1, 0.15) is 21.5 Å². The van der Waals surface area contributed by atoms with E-state index in [0.717, 1.165) is 32.5 Å². The molecule has 0 aliphatic carbocycles. The maximum atomic E-state index is 12.4. The first-order valence-corrected chi connectivity index (χ1v) is 9.87. The Hall–Kier alpha value is -2.27. The third kappa shape index (κ3) is 5.86. The summed E-state index contributed by atoms with van der Waals surface area (Å²) in [5, 5.41) is 3.67. The molecule has 0 atom stereocenters. The van der Waals surface area contributed by atoms with E-state index in [9.17, 15) is 4.79 Å². The molecule has 5 heteroatoms. The number of anilines is 1. The van der Waals surface area contributed by atoms with Crippen molar-refractivity contribution in [1.82, 2.24) is 0 Å². The van der Waals surface area contributed by atoms with E-state index in [-0.39, 0.29) is 5.91 Å². The predicted octanol–water partition coefficient (Wildman–Crippen LogP) is 6.03. The molecule has 0 bridgehead atoms. The van der Waals surface area contributed by atoms with Crippen LogP contribution >= 0.6 is 23.4 Å². The van der Waals surface area contributed by atoms with Crippen LogP contribution in [0.4, 0.5) is 5.69 Å². The zero-order valence-corrected chi connectivity index (χ0v) is 16.5. The van der Waals surface area contributed by atoms with Crippen molar-refractivity contribution in [3.8, 4) is 0 Å². The number of thioether (sulfide) groups is 1. The number of nitrogens with one attached hydrogen (secondary N) is 1. The molecule has 1 amide bonds. The van der Waals surface area contributed by atoms with Crippen LogP contribution in [0.15, 0.2) is 77.7 Å². The second-order valence-electron chi connectivity index (χ2n) is 6.03. The quantitative estimate of drug-likeness (QED) is 0.494. The maximum absolute atomic E-state index is 12.4. The largest absolute Gasteiger partial charge is 0.380 e. The highest BCUT2D eigenvalue weighted by molar-refractivity contribution is 7.98. The van der Waals surface area contributed by atoms with Crippen LogP contribution in [0, 0.1) is 0 Å². The lowest BCUT2D eigenvalue weighted by Gasteiger charge is -2.08. The van der Waals surface area contributed by atoms with Crippen LogP contribution < -0.4 is 5.32 Å². The van der Waals surface area contributed by atoms with E-state index >= 15 is 0 Å². The molecule has 0 heterocycles. The molecular weight excluding hydrogens is 378 g/mol. The summed E-state index contributed by atoms with van der Waals surface area (Å²) in [7, 11) is 1.65. The van der Waals surface area contributed by atoms with Crippen molar-refractivity contribution in [2.45, 2.75) is 17.3 Å². The summed E-state index contributed by atoms with van der Waals surface area (Å²) in [5.41, 5.74) is 3.57. The molecule has 0 spiro atoms. The minimum Gasteiger partial charge on any atom is -0.380 e. The van der Waals surface area contributed by atoms with Crippen LogP contribution in [0.3, 0.4) is 0 Å². The smallest absolute Gasteiger partial charge is 0.255 e. The summed E-state index contributed by atoms with van der Waals surface area (Å²) in [6, 6.07) is 23.1. The Kier molecular flexibility index (Phi) is 6.93. The fourth-order valence-corrected chi connectivity index (χ4v) is 3.54. The molecule has 0 aliphatic heterocycles. The van der Waals surface area contributed by atoms with Gasteiger partial charge in [-0.25, -0.2) is 0 Å². The Morgan fingerprint density at radius 3 is 2.44 bits per heavy atom. The van der Waals surface area contributed by atoms with E-state index < -0.39 is 0 Å². The number of carbonyl (C=O) groups is 1. The molecule has 3 aromatic rings. The third-order valence-corrected chi connectivity index (χ3v) is 5.27. The lowest BCUT2D eigenvalue weighted by molar-refractivity contribution is 0.102. The predicted molar refractivity (Wildman–Crippen MR) is 113 cm³/mol. The monoisotopic (exact) mass is 397 g/mol. The second kappa shape index (κ2) is 9.60. The average Bonchev–Trinajstić information content (AvgIpc) is 2.68. The minimum atomic E-state index is -0.124.